The van der Waals surface area contributed by atoms with Crippen LogP contribution in [0, 0.1) is 0 Å². The van der Waals surface area contributed by atoms with Crippen molar-refractivity contribution in [1.29, 1.82) is 0 Å². The van der Waals surface area contributed by atoms with Crippen LogP contribution in [0.1, 0.15) is 11.1 Å². The van der Waals surface area contributed by atoms with Crippen LogP contribution in [0.15, 0.2) is 133 Å². The molecule has 6 aromatic carbocycles. The first kappa shape index (κ1) is 24.4. The Morgan fingerprint density at radius 3 is 2.12 bits per heavy atom. The third kappa shape index (κ3) is 3.77. The SMILES string of the molecule is C1=Cc2c(c3c(c4ccccc24)c2c4ccccc4ccc2n3-c2cc(-c3ccccc3)nc(-c3ccccc3)n2)CS1. The number of hydrogen-bond acceptors (Lipinski definition) is 3. The summed E-state index contributed by atoms with van der Waals surface area (Å²) < 4.78 is 2.41. The average Bonchev–Trinajstić information content (AvgIpc) is 3.45. The van der Waals surface area contributed by atoms with E-state index in [-0.39, 0.29) is 0 Å². The van der Waals surface area contributed by atoms with E-state index in [4.69, 9.17) is 9.97 Å². The molecule has 43 heavy (non-hydrogen) atoms. The maximum absolute atomic E-state index is 5.31. The molecule has 1 aliphatic rings. The van der Waals surface area contributed by atoms with Crippen molar-refractivity contribution < 1.29 is 0 Å². The summed E-state index contributed by atoms with van der Waals surface area (Å²) in [6.07, 6.45) is 2.29. The summed E-state index contributed by atoms with van der Waals surface area (Å²) in [5, 5.41) is 9.86. The monoisotopic (exact) mass is 567 g/mol. The number of benzene rings is 6. The van der Waals surface area contributed by atoms with Crippen molar-refractivity contribution in [3.8, 4) is 28.5 Å². The third-order valence-corrected chi connectivity index (χ3v) is 9.34. The van der Waals surface area contributed by atoms with Crippen LogP contribution in [0.3, 0.4) is 0 Å². The quantitative estimate of drug-likeness (QED) is 0.213. The first-order chi connectivity index (χ1) is 21.3. The van der Waals surface area contributed by atoms with Gasteiger partial charge in [-0.2, -0.15) is 0 Å². The molecule has 1 aliphatic heterocycles. The lowest BCUT2D eigenvalue weighted by Gasteiger charge is -2.18. The highest BCUT2D eigenvalue weighted by molar-refractivity contribution is 8.01. The van der Waals surface area contributed by atoms with Gasteiger partial charge in [0.25, 0.3) is 0 Å². The van der Waals surface area contributed by atoms with Gasteiger partial charge in [-0.1, -0.05) is 115 Å². The van der Waals surface area contributed by atoms with Crippen molar-refractivity contribution in [2.45, 2.75) is 5.75 Å². The van der Waals surface area contributed by atoms with Gasteiger partial charge in [-0.25, -0.2) is 9.97 Å². The number of fused-ring (bicyclic) bond motifs is 10. The Morgan fingerprint density at radius 1 is 0.605 bits per heavy atom. The number of thioether (sulfide) groups is 1. The summed E-state index contributed by atoms with van der Waals surface area (Å²) in [6.45, 7) is 0. The maximum Gasteiger partial charge on any atom is 0.162 e. The van der Waals surface area contributed by atoms with Crippen LogP contribution in [0.2, 0.25) is 0 Å². The second-order valence-electron chi connectivity index (χ2n) is 11.0. The lowest BCUT2D eigenvalue weighted by Crippen LogP contribution is -2.05. The van der Waals surface area contributed by atoms with Gasteiger partial charge in [0.15, 0.2) is 5.82 Å². The van der Waals surface area contributed by atoms with Crippen molar-refractivity contribution in [3.05, 3.63) is 144 Å². The van der Waals surface area contributed by atoms with Crippen molar-refractivity contribution in [2.75, 3.05) is 0 Å². The first-order valence-electron chi connectivity index (χ1n) is 14.5. The van der Waals surface area contributed by atoms with E-state index in [0.29, 0.717) is 0 Å². The molecule has 8 aromatic rings. The minimum atomic E-state index is 0.719. The van der Waals surface area contributed by atoms with Gasteiger partial charge in [0.1, 0.15) is 5.82 Å². The highest BCUT2D eigenvalue weighted by Gasteiger charge is 2.25. The molecule has 9 rings (SSSR count). The molecule has 0 fully saturated rings. The predicted octanol–water partition coefficient (Wildman–Crippen LogP) is 10.4. The van der Waals surface area contributed by atoms with Crippen LogP contribution in [-0.2, 0) is 5.75 Å². The van der Waals surface area contributed by atoms with E-state index in [0.717, 1.165) is 39.7 Å². The molecule has 0 aliphatic carbocycles. The number of aromatic nitrogens is 3. The molecule has 0 unspecified atom stereocenters. The molecule has 202 valence electrons. The molecule has 0 saturated carbocycles. The Kier molecular flexibility index (Phi) is 5.50. The van der Waals surface area contributed by atoms with E-state index in [2.05, 4.69) is 119 Å². The molecule has 3 nitrogen and oxygen atoms in total. The van der Waals surface area contributed by atoms with E-state index in [9.17, 15) is 0 Å². The van der Waals surface area contributed by atoms with Gasteiger partial charge in [-0.15, -0.1) is 11.8 Å². The molecular formula is C39H25N3S. The number of nitrogens with zero attached hydrogens (tertiary/aromatic N) is 3. The minimum Gasteiger partial charge on any atom is -0.293 e. The highest BCUT2D eigenvalue weighted by atomic mass is 32.2. The molecule has 3 heterocycles. The van der Waals surface area contributed by atoms with Gasteiger partial charge in [-0.05, 0) is 50.2 Å². The zero-order valence-corrected chi connectivity index (χ0v) is 24.1. The topological polar surface area (TPSA) is 30.7 Å². The van der Waals surface area contributed by atoms with Crippen LogP contribution in [0.25, 0.3) is 77.9 Å². The van der Waals surface area contributed by atoms with Crippen molar-refractivity contribution >= 4 is 61.2 Å². The van der Waals surface area contributed by atoms with E-state index in [1.54, 1.807) is 0 Å². The van der Waals surface area contributed by atoms with Crippen LogP contribution >= 0.6 is 11.8 Å². The molecule has 2 aromatic heterocycles. The molecular weight excluding hydrogens is 543 g/mol. The molecule has 4 heteroatoms. The predicted molar refractivity (Wildman–Crippen MR) is 183 cm³/mol. The molecule has 0 N–H and O–H groups in total. The van der Waals surface area contributed by atoms with E-state index in [1.807, 2.05) is 36.0 Å². The second-order valence-corrected chi connectivity index (χ2v) is 11.9. The zero-order chi connectivity index (χ0) is 28.3. The summed E-state index contributed by atoms with van der Waals surface area (Å²) in [6, 6.07) is 45.0. The van der Waals surface area contributed by atoms with Crippen LogP contribution in [0.5, 0.6) is 0 Å². The van der Waals surface area contributed by atoms with Crippen molar-refractivity contribution in [3.63, 3.8) is 0 Å². The van der Waals surface area contributed by atoms with Crippen LogP contribution in [-0.4, -0.2) is 14.5 Å². The lowest BCUT2D eigenvalue weighted by molar-refractivity contribution is 1.04. The Hall–Kier alpha value is -5.19. The summed E-state index contributed by atoms with van der Waals surface area (Å²) in [5.41, 5.74) is 8.01. The Balaban J connectivity index is 1.50. The van der Waals surface area contributed by atoms with Crippen LogP contribution in [0.4, 0.5) is 0 Å². The Bertz CT molecular complexity index is 2330. The van der Waals surface area contributed by atoms with Gasteiger partial charge in [0.05, 0.1) is 16.7 Å². The van der Waals surface area contributed by atoms with Gasteiger partial charge in [-0.3, -0.25) is 4.57 Å². The smallest absolute Gasteiger partial charge is 0.162 e. The molecule has 0 spiro atoms. The normalized spacial score (nSPS) is 12.8. The minimum absolute atomic E-state index is 0.719. The van der Waals surface area contributed by atoms with E-state index >= 15 is 0 Å². The fourth-order valence-electron chi connectivity index (χ4n) is 6.68. The average molecular weight is 568 g/mol. The standard InChI is InChI=1S/C39H25N3S/c1-3-12-26(13-4-1)33-23-35(41-39(40-33)27-14-5-2-6-15-27)42-34-20-19-25-11-7-8-16-28(25)36(34)37-31-18-10-9-17-29(31)30-21-22-43-24-32(30)38(37)42/h1-23H,24H2. The highest BCUT2D eigenvalue weighted by Crippen LogP contribution is 2.46. The maximum atomic E-state index is 5.31. The Morgan fingerprint density at radius 2 is 1.30 bits per heavy atom. The lowest BCUT2D eigenvalue weighted by atomic mass is 9.93. The fraction of sp³-hybridized carbons (Fsp3) is 0.0256. The van der Waals surface area contributed by atoms with Gasteiger partial charge in [0.2, 0.25) is 0 Å². The molecule has 0 amide bonds. The van der Waals surface area contributed by atoms with E-state index < -0.39 is 0 Å². The number of hydrogen-bond donors (Lipinski definition) is 0. The molecule has 0 saturated heterocycles. The fourth-order valence-corrected chi connectivity index (χ4v) is 7.47. The summed E-state index contributed by atoms with van der Waals surface area (Å²) in [5.74, 6) is 2.50. The Labute approximate surface area is 253 Å². The van der Waals surface area contributed by atoms with Gasteiger partial charge < -0.3 is 0 Å². The molecule has 0 bridgehead atoms. The second kappa shape index (κ2) is 9.69. The van der Waals surface area contributed by atoms with Crippen molar-refractivity contribution in [2.24, 2.45) is 0 Å². The van der Waals surface area contributed by atoms with Crippen molar-refractivity contribution in [1.82, 2.24) is 14.5 Å². The molecule has 0 atom stereocenters. The summed E-state index contributed by atoms with van der Waals surface area (Å²) in [7, 11) is 0. The largest absolute Gasteiger partial charge is 0.293 e. The molecule has 0 radical (unpaired) electrons. The van der Waals surface area contributed by atoms with Gasteiger partial charge in [0, 0.05) is 33.7 Å². The third-order valence-electron chi connectivity index (χ3n) is 8.56. The summed E-state index contributed by atoms with van der Waals surface area (Å²) in [4.78, 5) is 10.4. The van der Waals surface area contributed by atoms with E-state index in [1.165, 1.54) is 49.0 Å². The summed E-state index contributed by atoms with van der Waals surface area (Å²) >= 11 is 1.85. The van der Waals surface area contributed by atoms with Gasteiger partial charge >= 0.3 is 0 Å². The van der Waals surface area contributed by atoms with Crippen LogP contribution < -0.4 is 0 Å². The first-order valence-corrected chi connectivity index (χ1v) is 15.6. The number of rotatable bonds is 3. The zero-order valence-electron chi connectivity index (χ0n) is 23.2.